The lowest BCUT2D eigenvalue weighted by Gasteiger charge is -2.35. The van der Waals surface area contributed by atoms with Crippen molar-refractivity contribution in [2.45, 2.75) is 32.7 Å². The highest BCUT2D eigenvalue weighted by Crippen LogP contribution is 2.26. The van der Waals surface area contributed by atoms with Crippen LogP contribution in [0.2, 0.25) is 0 Å². The first kappa shape index (κ1) is 22.2. The molecule has 1 saturated heterocycles. The van der Waals surface area contributed by atoms with Crippen molar-refractivity contribution in [2.24, 2.45) is 5.92 Å². The summed E-state index contributed by atoms with van der Waals surface area (Å²) in [6.45, 7) is 5.14. The first-order chi connectivity index (χ1) is 14.4. The number of pyridine rings is 1. The summed E-state index contributed by atoms with van der Waals surface area (Å²) < 4.78 is 6.20. The van der Waals surface area contributed by atoms with Crippen LogP contribution in [-0.2, 0) is 9.59 Å². The Bertz CT molecular complexity index is 904. The fraction of sp³-hybridized carbons (Fsp3) is 0.409. The molecule has 1 aliphatic rings. The largest absolute Gasteiger partial charge is 0.495 e. The molecule has 3 rings (SSSR count). The van der Waals surface area contributed by atoms with Crippen LogP contribution in [0.25, 0.3) is 0 Å². The minimum absolute atomic E-state index is 0.0671. The van der Waals surface area contributed by atoms with E-state index in [0.717, 1.165) is 29.4 Å². The molecular weight excluding hydrogens is 448 g/mol. The minimum Gasteiger partial charge on any atom is -0.495 e. The van der Waals surface area contributed by atoms with Crippen LogP contribution in [0.1, 0.15) is 25.3 Å². The van der Waals surface area contributed by atoms with E-state index in [2.05, 4.69) is 36.4 Å². The number of benzene rings is 1. The molecule has 160 valence electrons. The molecule has 2 N–H and O–H groups in total. The molecule has 0 radical (unpaired) electrons. The van der Waals surface area contributed by atoms with Gasteiger partial charge in [0.25, 0.3) is 0 Å². The Labute approximate surface area is 185 Å². The van der Waals surface area contributed by atoms with Gasteiger partial charge in [-0.2, -0.15) is 0 Å². The van der Waals surface area contributed by atoms with Crippen LogP contribution in [0.15, 0.2) is 41.0 Å². The molecule has 2 heterocycles. The summed E-state index contributed by atoms with van der Waals surface area (Å²) in [6.07, 6.45) is 3.30. The number of anilines is 2. The van der Waals surface area contributed by atoms with Crippen molar-refractivity contribution in [3.63, 3.8) is 0 Å². The van der Waals surface area contributed by atoms with E-state index in [1.54, 1.807) is 19.4 Å². The second kappa shape index (κ2) is 10.0. The Morgan fingerprint density at radius 1 is 1.27 bits per heavy atom. The Balaban J connectivity index is 1.61. The van der Waals surface area contributed by atoms with E-state index < -0.39 is 0 Å². The predicted octanol–water partition coefficient (Wildman–Crippen LogP) is 3.84. The van der Waals surface area contributed by atoms with E-state index in [1.165, 1.54) is 0 Å². The average molecular weight is 475 g/mol. The molecule has 1 aromatic carbocycles. The van der Waals surface area contributed by atoms with E-state index >= 15 is 0 Å². The van der Waals surface area contributed by atoms with Gasteiger partial charge in [0.1, 0.15) is 11.6 Å². The SMILES string of the molecule is COc1ccc(C)cc1NC(=O)C(C)N1CCCC(C(=O)Nc2ccc(Br)cn2)C1. The summed E-state index contributed by atoms with van der Waals surface area (Å²) in [6, 6.07) is 8.90. The number of halogens is 1. The fourth-order valence-electron chi connectivity index (χ4n) is 3.57. The number of amides is 2. The lowest BCUT2D eigenvalue weighted by atomic mass is 9.96. The highest BCUT2D eigenvalue weighted by Gasteiger charge is 2.31. The number of likely N-dealkylation sites (tertiary alicyclic amines) is 1. The van der Waals surface area contributed by atoms with Gasteiger partial charge in [0.2, 0.25) is 11.8 Å². The zero-order chi connectivity index (χ0) is 21.7. The van der Waals surface area contributed by atoms with Crippen molar-refractivity contribution in [3.8, 4) is 5.75 Å². The fourth-order valence-corrected chi connectivity index (χ4v) is 3.81. The van der Waals surface area contributed by atoms with Crippen molar-refractivity contribution in [3.05, 3.63) is 46.6 Å². The number of rotatable bonds is 6. The standard InChI is InChI=1S/C22H27BrN4O3/c1-14-6-8-19(30-3)18(11-14)25-21(28)15(2)27-10-4-5-16(13-27)22(29)26-20-9-7-17(23)12-24-20/h6-9,11-12,15-16H,4-5,10,13H2,1-3H3,(H,25,28)(H,24,26,29). The van der Waals surface area contributed by atoms with Crippen LogP contribution in [0.3, 0.4) is 0 Å². The van der Waals surface area contributed by atoms with Crippen molar-refractivity contribution in [1.29, 1.82) is 0 Å². The van der Waals surface area contributed by atoms with Gasteiger partial charge in [0, 0.05) is 17.2 Å². The number of aryl methyl sites for hydroxylation is 1. The Morgan fingerprint density at radius 3 is 2.77 bits per heavy atom. The summed E-state index contributed by atoms with van der Waals surface area (Å²) in [5.41, 5.74) is 1.69. The molecule has 1 aliphatic heterocycles. The number of methoxy groups -OCH3 is 1. The molecule has 2 aromatic rings. The quantitative estimate of drug-likeness (QED) is 0.664. The molecule has 30 heavy (non-hydrogen) atoms. The smallest absolute Gasteiger partial charge is 0.241 e. The van der Waals surface area contributed by atoms with Crippen molar-refractivity contribution in [2.75, 3.05) is 30.8 Å². The summed E-state index contributed by atoms with van der Waals surface area (Å²) in [4.78, 5) is 31.8. The molecule has 0 saturated carbocycles. The highest BCUT2D eigenvalue weighted by atomic mass is 79.9. The van der Waals surface area contributed by atoms with E-state index in [-0.39, 0.29) is 23.8 Å². The molecule has 1 aromatic heterocycles. The van der Waals surface area contributed by atoms with Gasteiger partial charge in [0.15, 0.2) is 0 Å². The number of aromatic nitrogens is 1. The number of nitrogens with one attached hydrogen (secondary N) is 2. The Morgan fingerprint density at radius 2 is 2.07 bits per heavy atom. The van der Waals surface area contributed by atoms with Gasteiger partial charge in [-0.1, -0.05) is 6.07 Å². The second-order valence-electron chi connectivity index (χ2n) is 7.55. The molecule has 2 atom stereocenters. The maximum absolute atomic E-state index is 12.9. The van der Waals surface area contributed by atoms with Crippen molar-refractivity contribution >= 4 is 39.2 Å². The molecule has 0 aliphatic carbocycles. The van der Waals surface area contributed by atoms with Gasteiger partial charge < -0.3 is 15.4 Å². The minimum atomic E-state index is -0.364. The lowest BCUT2D eigenvalue weighted by Crippen LogP contribution is -2.49. The van der Waals surface area contributed by atoms with Crippen molar-refractivity contribution in [1.82, 2.24) is 9.88 Å². The normalized spacial score (nSPS) is 17.8. The number of hydrogen-bond donors (Lipinski definition) is 2. The molecule has 2 amide bonds. The first-order valence-electron chi connectivity index (χ1n) is 9.99. The third-order valence-electron chi connectivity index (χ3n) is 5.34. The van der Waals surface area contributed by atoms with Crippen molar-refractivity contribution < 1.29 is 14.3 Å². The Hall–Kier alpha value is -2.45. The second-order valence-corrected chi connectivity index (χ2v) is 8.47. The van der Waals surface area contributed by atoms with Gasteiger partial charge in [-0.25, -0.2) is 4.98 Å². The van der Waals surface area contributed by atoms with Crippen LogP contribution in [0.4, 0.5) is 11.5 Å². The van der Waals surface area contributed by atoms with Gasteiger partial charge in [-0.3, -0.25) is 14.5 Å². The first-order valence-corrected chi connectivity index (χ1v) is 10.8. The van der Waals surface area contributed by atoms with Gasteiger partial charge >= 0.3 is 0 Å². The molecule has 7 nitrogen and oxygen atoms in total. The van der Waals surface area contributed by atoms with Crippen LogP contribution in [0.5, 0.6) is 5.75 Å². The predicted molar refractivity (Wildman–Crippen MR) is 121 cm³/mol. The maximum atomic E-state index is 12.9. The molecule has 2 unspecified atom stereocenters. The van der Waals surface area contributed by atoms with E-state index in [4.69, 9.17) is 4.74 Å². The number of carbonyl (C=O) groups excluding carboxylic acids is 2. The zero-order valence-corrected chi connectivity index (χ0v) is 19.0. The number of ether oxygens (including phenoxy) is 1. The number of nitrogens with zero attached hydrogens (tertiary/aromatic N) is 2. The Kier molecular flexibility index (Phi) is 7.44. The summed E-state index contributed by atoms with van der Waals surface area (Å²) in [5.74, 6) is 0.779. The van der Waals surface area contributed by atoms with Crippen LogP contribution < -0.4 is 15.4 Å². The molecule has 8 heteroatoms. The van der Waals surface area contributed by atoms with Gasteiger partial charge in [0.05, 0.1) is 24.8 Å². The van der Waals surface area contributed by atoms with Crippen LogP contribution in [0, 0.1) is 12.8 Å². The average Bonchev–Trinajstić information content (AvgIpc) is 2.75. The van der Waals surface area contributed by atoms with Gasteiger partial charge in [-0.05, 0) is 79.0 Å². The van der Waals surface area contributed by atoms with E-state index in [9.17, 15) is 9.59 Å². The summed E-state index contributed by atoms with van der Waals surface area (Å²) in [5, 5.41) is 5.84. The van der Waals surface area contributed by atoms with Crippen LogP contribution in [-0.4, -0.2) is 47.9 Å². The molecule has 0 spiro atoms. The summed E-state index contributed by atoms with van der Waals surface area (Å²) >= 11 is 3.33. The topological polar surface area (TPSA) is 83.6 Å². The maximum Gasteiger partial charge on any atom is 0.241 e. The molecule has 1 fully saturated rings. The zero-order valence-electron chi connectivity index (χ0n) is 17.4. The van der Waals surface area contributed by atoms with Crippen LogP contribution >= 0.6 is 15.9 Å². The number of carbonyl (C=O) groups is 2. The number of piperidine rings is 1. The number of hydrogen-bond acceptors (Lipinski definition) is 5. The summed E-state index contributed by atoms with van der Waals surface area (Å²) in [7, 11) is 1.58. The third-order valence-corrected chi connectivity index (χ3v) is 5.81. The molecular formula is C22H27BrN4O3. The molecule has 0 bridgehead atoms. The lowest BCUT2D eigenvalue weighted by molar-refractivity contribution is -0.125. The van der Waals surface area contributed by atoms with Gasteiger partial charge in [-0.15, -0.1) is 0 Å². The van der Waals surface area contributed by atoms with E-state index in [1.807, 2.05) is 38.1 Å². The third kappa shape index (κ3) is 5.58. The monoisotopic (exact) mass is 474 g/mol. The van der Waals surface area contributed by atoms with E-state index in [0.29, 0.717) is 23.8 Å². The highest BCUT2D eigenvalue weighted by molar-refractivity contribution is 9.10.